The summed E-state index contributed by atoms with van der Waals surface area (Å²) in [5.41, 5.74) is 0.991. The molecule has 4 nitrogen and oxygen atoms in total. The van der Waals surface area contributed by atoms with Crippen LogP contribution in [0.2, 0.25) is 5.02 Å². The summed E-state index contributed by atoms with van der Waals surface area (Å²) in [6.45, 7) is 0.510. The van der Waals surface area contributed by atoms with Crippen molar-refractivity contribution in [3.8, 4) is 0 Å². The highest BCUT2D eigenvalue weighted by Crippen LogP contribution is 2.14. The lowest BCUT2D eigenvalue weighted by atomic mass is 10.2. The van der Waals surface area contributed by atoms with Crippen molar-refractivity contribution in [3.63, 3.8) is 0 Å². The Morgan fingerprint density at radius 3 is 2.41 bits per heavy atom. The Balaban J connectivity index is 2.20. The number of halogens is 2. The SMILES string of the molecule is O=S(=O)(Cl)c1cn(Cc2ccc(Cl)cc2)cn1. The minimum absolute atomic E-state index is 0.145. The maximum Gasteiger partial charge on any atom is 0.280 e. The van der Waals surface area contributed by atoms with E-state index >= 15 is 0 Å². The molecule has 0 aliphatic heterocycles. The van der Waals surface area contributed by atoms with Gasteiger partial charge < -0.3 is 4.57 Å². The molecule has 2 aromatic rings. The lowest BCUT2D eigenvalue weighted by Gasteiger charge is -2.01. The summed E-state index contributed by atoms with van der Waals surface area (Å²) in [5, 5.41) is 0.511. The van der Waals surface area contributed by atoms with E-state index in [1.54, 1.807) is 16.7 Å². The van der Waals surface area contributed by atoms with Crippen LogP contribution in [-0.2, 0) is 15.6 Å². The molecule has 0 saturated heterocycles. The number of aromatic nitrogens is 2. The zero-order valence-electron chi connectivity index (χ0n) is 8.55. The van der Waals surface area contributed by atoms with Gasteiger partial charge in [-0.15, -0.1) is 0 Å². The molecule has 0 saturated carbocycles. The summed E-state index contributed by atoms with van der Waals surface area (Å²) >= 11 is 5.76. The van der Waals surface area contributed by atoms with E-state index in [4.69, 9.17) is 22.3 Å². The Morgan fingerprint density at radius 2 is 1.88 bits per heavy atom. The molecule has 2 rings (SSSR count). The predicted molar refractivity (Wildman–Crippen MR) is 65.8 cm³/mol. The molecule has 0 N–H and O–H groups in total. The molecule has 1 aromatic carbocycles. The van der Waals surface area contributed by atoms with Crippen LogP contribution in [0.5, 0.6) is 0 Å². The van der Waals surface area contributed by atoms with Crippen LogP contribution in [0.3, 0.4) is 0 Å². The molecular weight excluding hydrogens is 283 g/mol. The average molecular weight is 291 g/mol. The summed E-state index contributed by atoms with van der Waals surface area (Å²) in [6, 6.07) is 7.26. The Kier molecular flexibility index (Phi) is 3.42. The van der Waals surface area contributed by atoms with E-state index in [2.05, 4.69) is 4.98 Å². The second-order valence-corrected chi connectivity index (χ2v) is 6.40. The van der Waals surface area contributed by atoms with E-state index in [1.165, 1.54) is 12.5 Å². The quantitative estimate of drug-likeness (QED) is 0.816. The van der Waals surface area contributed by atoms with Gasteiger partial charge in [0.1, 0.15) is 0 Å². The Morgan fingerprint density at radius 1 is 1.24 bits per heavy atom. The number of hydrogen-bond donors (Lipinski definition) is 0. The lowest BCUT2D eigenvalue weighted by molar-refractivity contribution is 0.606. The second kappa shape index (κ2) is 4.68. The van der Waals surface area contributed by atoms with Gasteiger partial charge in [0.2, 0.25) is 0 Å². The molecular formula is C10H8Cl2N2O2S. The number of benzene rings is 1. The van der Waals surface area contributed by atoms with E-state index in [0.717, 1.165) is 5.56 Å². The first-order chi connectivity index (χ1) is 7.95. The van der Waals surface area contributed by atoms with Gasteiger partial charge in [0.15, 0.2) is 5.03 Å². The van der Waals surface area contributed by atoms with Gasteiger partial charge in [-0.2, -0.15) is 0 Å². The molecule has 0 unspecified atom stereocenters. The Labute approximate surface area is 108 Å². The van der Waals surface area contributed by atoms with Crippen LogP contribution < -0.4 is 0 Å². The zero-order valence-corrected chi connectivity index (χ0v) is 10.9. The van der Waals surface area contributed by atoms with Gasteiger partial charge in [0, 0.05) is 28.4 Å². The third kappa shape index (κ3) is 3.21. The molecule has 0 aliphatic carbocycles. The van der Waals surface area contributed by atoms with Gasteiger partial charge in [0.25, 0.3) is 9.05 Å². The fourth-order valence-corrected chi connectivity index (χ4v) is 2.15. The van der Waals surface area contributed by atoms with Crippen LogP contribution in [0.4, 0.5) is 0 Å². The fourth-order valence-electron chi connectivity index (χ4n) is 1.35. The van der Waals surface area contributed by atoms with E-state index in [9.17, 15) is 8.42 Å². The standard InChI is InChI=1S/C10H8Cl2N2O2S/c11-9-3-1-8(2-4-9)5-14-6-10(13-7-14)17(12,15)16/h1-4,6-7H,5H2. The molecule has 0 atom stereocenters. The van der Waals surface area contributed by atoms with Gasteiger partial charge in [-0.25, -0.2) is 13.4 Å². The molecule has 0 bridgehead atoms. The van der Waals surface area contributed by atoms with Crippen molar-refractivity contribution in [2.24, 2.45) is 0 Å². The smallest absolute Gasteiger partial charge is 0.280 e. The van der Waals surface area contributed by atoms with E-state index in [0.29, 0.717) is 11.6 Å². The van der Waals surface area contributed by atoms with E-state index in [1.807, 2.05) is 12.1 Å². The molecule has 0 amide bonds. The van der Waals surface area contributed by atoms with Gasteiger partial charge in [-0.3, -0.25) is 0 Å². The maximum atomic E-state index is 11.0. The fraction of sp³-hybridized carbons (Fsp3) is 0.100. The van der Waals surface area contributed by atoms with Crippen LogP contribution in [0, 0.1) is 0 Å². The van der Waals surface area contributed by atoms with E-state index < -0.39 is 9.05 Å². The van der Waals surface area contributed by atoms with Crippen LogP contribution >= 0.6 is 22.3 Å². The van der Waals surface area contributed by atoms with Crippen molar-refractivity contribution in [2.45, 2.75) is 11.6 Å². The van der Waals surface area contributed by atoms with Gasteiger partial charge in [0.05, 0.1) is 6.33 Å². The highest BCUT2D eigenvalue weighted by atomic mass is 35.7. The van der Waals surface area contributed by atoms with Crippen molar-refractivity contribution >= 4 is 31.3 Å². The topological polar surface area (TPSA) is 52.0 Å². The van der Waals surface area contributed by atoms with E-state index in [-0.39, 0.29) is 5.03 Å². The average Bonchev–Trinajstić information content (AvgIpc) is 2.69. The van der Waals surface area contributed by atoms with Gasteiger partial charge in [-0.1, -0.05) is 23.7 Å². The summed E-state index contributed by atoms with van der Waals surface area (Å²) in [7, 11) is 1.41. The highest BCUT2D eigenvalue weighted by Gasteiger charge is 2.13. The van der Waals surface area contributed by atoms with Crippen LogP contribution in [0.25, 0.3) is 0 Å². The van der Waals surface area contributed by atoms with Crippen molar-refractivity contribution < 1.29 is 8.42 Å². The Hall–Kier alpha value is -1.04. The Bertz CT molecular complexity index is 620. The van der Waals surface area contributed by atoms with Crippen molar-refractivity contribution in [1.29, 1.82) is 0 Å². The number of rotatable bonds is 3. The monoisotopic (exact) mass is 290 g/mol. The molecule has 0 aliphatic rings. The van der Waals surface area contributed by atoms with Gasteiger partial charge >= 0.3 is 0 Å². The van der Waals surface area contributed by atoms with Gasteiger partial charge in [-0.05, 0) is 17.7 Å². The second-order valence-electron chi connectivity index (χ2n) is 3.45. The van der Waals surface area contributed by atoms with Crippen LogP contribution in [-0.4, -0.2) is 18.0 Å². The first-order valence-electron chi connectivity index (χ1n) is 4.66. The molecule has 1 aromatic heterocycles. The third-order valence-corrected chi connectivity index (χ3v) is 3.57. The zero-order chi connectivity index (χ0) is 12.5. The molecule has 0 fully saturated rings. The third-order valence-electron chi connectivity index (χ3n) is 2.14. The minimum Gasteiger partial charge on any atom is -0.332 e. The number of hydrogen-bond acceptors (Lipinski definition) is 3. The largest absolute Gasteiger partial charge is 0.332 e. The van der Waals surface area contributed by atoms with Crippen molar-refractivity contribution in [1.82, 2.24) is 9.55 Å². The molecule has 17 heavy (non-hydrogen) atoms. The van der Waals surface area contributed by atoms with Crippen molar-refractivity contribution in [3.05, 3.63) is 47.4 Å². The number of nitrogens with zero attached hydrogens (tertiary/aromatic N) is 2. The normalized spacial score (nSPS) is 11.6. The summed E-state index contributed by atoms with van der Waals surface area (Å²) in [4.78, 5) is 3.72. The van der Waals surface area contributed by atoms with Crippen LogP contribution in [0.15, 0.2) is 41.8 Å². The molecule has 1 heterocycles. The molecule has 90 valence electrons. The first-order valence-corrected chi connectivity index (χ1v) is 7.35. The first kappa shape index (κ1) is 12.4. The van der Waals surface area contributed by atoms with Crippen molar-refractivity contribution in [2.75, 3.05) is 0 Å². The molecule has 7 heteroatoms. The molecule has 0 spiro atoms. The highest BCUT2D eigenvalue weighted by molar-refractivity contribution is 8.13. The maximum absolute atomic E-state index is 11.0. The predicted octanol–water partition coefficient (Wildman–Crippen LogP) is 2.51. The lowest BCUT2D eigenvalue weighted by Crippen LogP contribution is -1.96. The summed E-state index contributed by atoms with van der Waals surface area (Å²) < 4.78 is 23.7. The summed E-state index contributed by atoms with van der Waals surface area (Å²) in [5.74, 6) is 0. The number of imidazole rings is 1. The molecule has 0 radical (unpaired) electrons. The summed E-state index contributed by atoms with van der Waals surface area (Å²) in [6.07, 6.45) is 2.81. The van der Waals surface area contributed by atoms with Crippen LogP contribution in [0.1, 0.15) is 5.56 Å². The minimum atomic E-state index is -3.76.